The zero-order valence-corrected chi connectivity index (χ0v) is 11.2. The molecule has 0 aliphatic carbocycles. The molecule has 0 saturated heterocycles. The summed E-state index contributed by atoms with van der Waals surface area (Å²) in [5.41, 5.74) is 2.18. The number of thiazole rings is 1. The first-order valence-electron chi connectivity index (χ1n) is 5.96. The number of rotatable bonds is 4. The largest absolute Gasteiger partial charge is 0.390 e. The van der Waals surface area contributed by atoms with Crippen molar-refractivity contribution in [3.63, 3.8) is 0 Å². The zero-order chi connectivity index (χ0) is 13.9. The van der Waals surface area contributed by atoms with Gasteiger partial charge in [-0.1, -0.05) is 17.3 Å². The quantitative estimate of drug-likeness (QED) is 0.797. The van der Waals surface area contributed by atoms with Crippen molar-refractivity contribution in [2.75, 3.05) is 0 Å². The molecule has 0 amide bonds. The summed E-state index contributed by atoms with van der Waals surface area (Å²) in [5, 5.41) is 19.9. The fourth-order valence-corrected chi connectivity index (χ4v) is 2.51. The predicted octanol–water partition coefficient (Wildman–Crippen LogP) is 1.95. The molecule has 0 fully saturated rings. The summed E-state index contributed by atoms with van der Waals surface area (Å²) in [6.07, 6.45) is 2.19. The highest BCUT2D eigenvalue weighted by molar-refractivity contribution is 7.12. The number of aliphatic hydroxyl groups excluding tert-OH is 1. The molecule has 1 aromatic carbocycles. The lowest BCUT2D eigenvalue weighted by Gasteiger charge is -2.05. The molecule has 2 aromatic heterocycles. The Kier molecular flexibility index (Phi) is 3.53. The minimum atomic E-state index is -0.275. The highest BCUT2D eigenvalue weighted by Crippen LogP contribution is 2.18. The van der Waals surface area contributed by atoms with Crippen LogP contribution >= 0.6 is 11.3 Å². The Morgan fingerprint density at radius 3 is 2.70 bits per heavy atom. The Balaban J connectivity index is 1.99. The fourth-order valence-electron chi connectivity index (χ4n) is 1.90. The summed E-state index contributed by atoms with van der Waals surface area (Å²) < 4.78 is 14.5. The van der Waals surface area contributed by atoms with E-state index in [-0.39, 0.29) is 12.4 Å². The van der Waals surface area contributed by atoms with E-state index in [0.29, 0.717) is 17.2 Å². The standard InChI is InChI=1S/C13H11FN4OS/c14-10-3-1-9(2-4-10)7-12-11(8-19)16-17-18(12)13-15-5-6-20-13/h1-6,19H,7-8H2. The van der Waals surface area contributed by atoms with Gasteiger partial charge in [-0.3, -0.25) is 0 Å². The van der Waals surface area contributed by atoms with Gasteiger partial charge in [0.25, 0.3) is 0 Å². The van der Waals surface area contributed by atoms with E-state index in [1.165, 1.54) is 23.5 Å². The second kappa shape index (κ2) is 5.48. The van der Waals surface area contributed by atoms with Crippen molar-refractivity contribution in [1.82, 2.24) is 20.0 Å². The fraction of sp³-hybridized carbons (Fsp3) is 0.154. The van der Waals surface area contributed by atoms with Gasteiger partial charge in [-0.05, 0) is 17.7 Å². The van der Waals surface area contributed by atoms with Crippen LogP contribution in [-0.4, -0.2) is 25.1 Å². The third-order valence-corrected chi connectivity index (χ3v) is 3.63. The van der Waals surface area contributed by atoms with Crippen molar-refractivity contribution in [2.45, 2.75) is 13.0 Å². The Morgan fingerprint density at radius 1 is 1.25 bits per heavy atom. The molecule has 3 aromatic rings. The molecule has 0 aliphatic heterocycles. The first-order valence-corrected chi connectivity index (χ1v) is 6.84. The van der Waals surface area contributed by atoms with Gasteiger partial charge in [0.1, 0.15) is 11.5 Å². The van der Waals surface area contributed by atoms with Crippen molar-refractivity contribution < 1.29 is 9.50 Å². The average molecular weight is 290 g/mol. The topological polar surface area (TPSA) is 63.8 Å². The number of nitrogens with zero attached hydrogens (tertiary/aromatic N) is 4. The smallest absolute Gasteiger partial charge is 0.211 e. The third kappa shape index (κ3) is 2.45. The highest BCUT2D eigenvalue weighted by atomic mass is 32.1. The second-order valence-electron chi connectivity index (χ2n) is 4.17. The average Bonchev–Trinajstić information content (AvgIpc) is 3.10. The van der Waals surface area contributed by atoms with E-state index in [2.05, 4.69) is 15.3 Å². The summed E-state index contributed by atoms with van der Waals surface area (Å²) in [6.45, 7) is -0.193. The Hall–Kier alpha value is -2.12. The van der Waals surface area contributed by atoms with Gasteiger partial charge < -0.3 is 5.11 Å². The van der Waals surface area contributed by atoms with E-state index in [0.717, 1.165) is 11.3 Å². The van der Waals surface area contributed by atoms with Crippen LogP contribution in [0.1, 0.15) is 17.0 Å². The van der Waals surface area contributed by atoms with Crippen molar-refractivity contribution in [2.24, 2.45) is 0 Å². The van der Waals surface area contributed by atoms with Crippen LogP contribution in [0, 0.1) is 5.82 Å². The molecule has 0 atom stereocenters. The first kappa shape index (κ1) is 12.9. The van der Waals surface area contributed by atoms with Crippen molar-refractivity contribution in [3.8, 4) is 5.13 Å². The van der Waals surface area contributed by atoms with Crippen LogP contribution in [0.4, 0.5) is 4.39 Å². The number of halogens is 1. The SMILES string of the molecule is OCc1nnn(-c2nccs2)c1Cc1ccc(F)cc1. The van der Waals surface area contributed by atoms with Gasteiger partial charge in [0.05, 0.1) is 12.3 Å². The Labute approximate surface area is 118 Å². The van der Waals surface area contributed by atoms with Crippen LogP contribution < -0.4 is 0 Å². The molecule has 2 heterocycles. The summed E-state index contributed by atoms with van der Waals surface area (Å²) in [4.78, 5) is 4.19. The van der Waals surface area contributed by atoms with Gasteiger partial charge >= 0.3 is 0 Å². The lowest BCUT2D eigenvalue weighted by molar-refractivity contribution is 0.275. The molecule has 0 unspecified atom stereocenters. The highest BCUT2D eigenvalue weighted by Gasteiger charge is 2.15. The molecule has 0 bridgehead atoms. The molecular weight excluding hydrogens is 279 g/mol. The molecule has 0 saturated carbocycles. The summed E-state index contributed by atoms with van der Waals surface area (Å²) >= 11 is 1.43. The maximum atomic E-state index is 12.9. The van der Waals surface area contributed by atoms with Gasteiger partial charge in [-0.15, -0.1) is 16.4 Å². The van der Waals surface area contributed by atoms with E-state index in [9.17, 15) is 9.50 Å². The van der Waals surface area contributed by atoms with E-state index in [1.807, 2.05) is 5.38 Å². The van der Waals surface area contributed by atoms with Gasteiger partial charge in [-0.2, -0.15) is 4.68 Å². The third-order valence-electron chi connectivity index (χ3n) is 2.88. The van der Waals surface area contributed by atoms with Gasteiger partial charge in [0, 0.05) is 18.0 Å². The molecule has 7 heteroatoms. The predicted molar refractivity (Wildman–Crippen MR) is 72.2 cm³/mol. The Morgan fingerprint density at radius 2 is 2.05 bits per heavy atom. The first-order chi connectivity index (χ1) is 9.78. The van der Waals surface area contributed by atoms with E-state index < -0.39 is 0 Å². The van der Waals surface area contributed by atoms with Gasteiger partial charge in [0.15, 0.2) is 0 Å². The molecule has 3 rings (SSSR count). The van der Waals surface area contributed by atoms with Crippen LogP contribution in [0.2, 0.25) is 0 Å². The van der Waals surface area contributed by atoms with Crippen LogP contribution in [-0.2, 0) is 13.0 Å². The molecular formula is C13H11FN4OS. The maximum Gasteiger partial charge on any atom is 0.211 e. The zero-order valence-electron chi connectivity index (χ0n) is 10.4. The van der Waals surface area contributed by atoms with E-state index in [1.54, 1.807) is 23.0 Å². The lowest BCUT2D eigenvalue weighted by atomic mass is 10.1. The van der Waals surface area contributed by atoms with Crippen molar-refractivity contribution in [1.29, 1.82) is 0 Å². The van der Waals surface area contributed by atoms with Crippen LogP contribution in [0.5, 0.6) is 0 Å². The van der Waals surface area contributed by atoms with E-state index >= 15 is 0 Å². The number of hydrogen-bond acceptors (Lipinski definition) is 5. The number of aliphatic hydroxyl groups is 1. The summed E-state index contributed by atoms with van der Waals surface area (Å²) in [6, 6.07) is 6.22. The second-order valence-corrected chi connectivity index (χ2v) is 5.04. The lowest BCUT2D eigenvalue weighted by Crippen LogP contribution is -2.04. The van der Waals surface area contributed by atoms with E-state index in [4.69, 9.17) is 0 Å². The number of benzene rings is 1. The molecule has 20 heavy (non-hydrogen) atoms. The van der Waals surface area contributed by atoms with Crippen molar-refractivity contribution in [3.05, 3.63) is 58.6 Å². The normalized spacial score (nSPS) is 10.9. The summed E-state index contributed by atoms with van der Waals surface area (Å²) in [7, 11) is 0. The maximum absolute atomic E-state index is 12.9. The Bertz CT molecular complexity index is 694. The molecule has 1 N–H and O–H groups in total. The minimum absolute atomic E-state index is 0.193. The van der Waals surface area contributed by atoms with Crippen LogP contribution in [0.3, 0.4) is 0 Å². The monoisotopic (exact) mass is 290 g/mol. The number of aromatic nitrogens is 4. The molecule has 5 nitrogen and oxygen atoms in total. The molecule has 0 radical (unpaired) electrons. The summed E-state index contributed by atoms with van der Waals surface area (Å²) in [5.74, 6) is -0.275. The molecule has 0 spiro atoms. The minimum Gasteiger partial charge on any atom is -0.390 e. The number of hydrogen-bond donors (Lipinski definition) is 1. The molecule has 102 valence electrons. The van der Waals surface area contributed by atoms with Crippen LogP contribution in [0.25, 0.3) is 5.13 Å². The molecule has 0 aliphatic rings. The van der Waals surface area contributed by atoms with Gasteiger partial charge in [-0.25, -0.2) is 9.37 Å². The van der Waals surface area contributed by atoms with Gasteiger partial charge in [0.2, 0.25) is 5.13 Å². The van der Waals surface area contributed by atoms with Crippen LogP contribution in [0.15, 0.2) is 35.8 Å². The van der Waals surface area contributed by atoms with Crippen molar-refractivity contribution >= 4 is 11.3 Å².